The SMILES string of the molecule is COC(=O)C1CC(=O)N(C)c2cc(NC(=O)[C@@H](NC(=O)OCc3ccccc3)C(C3CC3)C3CC3)ccc21. The summed E-state index contributed by atoms with van der Waals surface area (Å²) in [5.41, 5.74) is 2.56. The highest BCUT2D eigenvalue weighted by Crippen LogP contribution is 2.51. The highest BCUT2D eigenvalue weighted by molar-refractivity contribution is 6.03. The number of esters is 1. The summed E-state index contributed by atoms with van der Waals surface area (Å²) in [6.07, 6.45) is 3.60. The number of amides is 3. The smallest absolute Gasteiger partial charge is 0.408 e. The molecule has 2 aromatic rings. The topological polar surface area (TPSA) is 114 Å². The largest absolute Gasteiger partial charge is 0.469 e. The minimum absolute atomic E-state index is 0.0312. The molecule has 2 fully saturated rings. The van der Waals surface area contributed by atoms with E-state index in [-0.39, 0.29) is 30.8 Å². The van der Waals surface area contributed by atoms with E-state index >= 15 is 0 Å². The lowest BCUT2D eigenvalue weighted by molar-refractivity contribution is -0.144. The van der Waals surface area contributed by atoms with Crippen LogP contribution in [-0.4, -0.2) is 44.1 Å². The van der Waals surface area contributed by atoms with Crippen molar-refractivity contribution in [3.63, 3.8) is 0 Å². The summed E-state index contributed by atoms with van der Waals surface area (Å²) in [6.45, 7) is 0.116. The van der Waals surface area contributed by atoms with Crippen LogP contribution in [0.1, 0.15) is 49.1 Å². The van der Waals surface area contributed by atoms with Gasteiger partial charge < -0.3 is 25.0 Å². The van der Waals surface area contributed by atoms with Crippen molar-refractivity contribution < 1.29 is 28.7 Å². The van der Waals surface area contributed by atoms with Crippen molar-refractivity contribution in [1.29, 1.82) is 0 Å². The first kappa shape index (κ1) is 25.8. The van der Waals surface area contributed by atoms with Gasteiger partial charge in [-0.05, 0) is 66.7 Å². The third-order valence-corrected chi connectivity index (χ3v) is 7.76. The van der Waals surface area contributed by atoms with Crippen molar-refractivity contribution >= 4 is 35.3 Å². The molecular formula is C29H33N3O6. The molecule has 1 heterocycles. The molecule has 200 valence electrons. The molecule has 2 atom stereocenters. The molecule has 5 rings (SSSR count). The van der Waals surface area contributed by atoms with Crippen LogP contribution < -0.4 is 15.5 Å². The van der Waals surface area contributed by atoms with E-state index in [4.69, 9.17) is 9.47 Å². The van der Waals surface area contributed by atoms with Gasteiger partial charge in [0.1, 0.15) is 12.6 Å². The van der Waals surface area contributed by atoms with Crippen molar-refractivity contribution in [1.82, 2.24) is 5.32 Å². The van der Waals surface area contributed by atoms with E-state index in [1.54, 1.807) is 25.2 Å². The van der Waals surface area contributed by atoms with Gasteiger partial charge in [-0.25, -0.2) is 4.79 Å². The van der Waals surface area contributed by atoms with Crippen molar-refractivity contribution in [2.24, 2.45) is 17.8 Å². The monoisotopic (exact) mass is 519 g/mol. The minimum atomic E-state index is -0.739. The number of benzene rings is 2. The van der Waals surface area contributed by atoms with E-state index in [0.717, 1.165) is 31.2 Å². The van der Waals surface area contributed by atoms with Gasteiger partial charge in [-0.1, -0.05) is 36.4 Å². The van der Waals surface area contributed by atoms with E-state index in [0.29, 0.717) is 28.8 Å². The molecule has 0 radical (unpaired) electrons. The number of carbonyl (C=O) groups is 4. The summed E-state index contributed by atoms with van der Waals surface area (Å²) >= 11 is 0. The summed E-state index contributed by atoms with van der Waals surface area (Å²) in [7, 11) is 2.94. The second-order valence-corrected chi connectivity index (χ2v) is 10.4. The van der Waals surface area contributed by atoms with Crippen molar-refractivity contribution in [2.75, 3.05) is 24.4 Å². The predicted octanol–water partition coefficient (Wildman–Crippen LogP) is 3.98. The molecule has 0 spiro atoms. The Hall–Kier alpha value is -3.88. The predicted molar refractivity (Wildman–Crippen MR) is 140 cm³/mol. The molecule has 9 heteroatoms. The van der Waals surface area contributed by atoms with E-state index in [9.17, 15) is 19.2 Å². The van der Waals surface area contributed by atoms with Crippen LogP contribution in [-0.2, 0) is 30.5 Å². The molecule has 9 nitrogen and oxygen atoms in total. The molecule has 3 aliphatic rings. The summed E-state index contributed by atoms with van der Waals surface area (Å²) < 4.78 is 10.3. The molecule has 2 N–H and O–H groups in total. The summed E-state index contributed by atoms with van der Waals surface area (Å²) in [6, 6.07) is 13.8. The van der Waals surface area contributed by atoms with Crippen LogP contribution in [0.5, 0.6) is 0 Å². The third-order valence-electron chi connectivity index (χ3n) is 7.76. The Morgan fingerprint density at radius 2 is 1.71 bits per heavy atom. The average Bonchev–Trinajstić information content (AvgIpc) is 3.85. The number of methoxy groups -OCH3 is 1. The zero-order valence-electron chi connectivity index (χ0n) is 21.6. The number of anilines is 2. The van der Waals surface area contributed by atoms with Gasteiger partial charge in [0, 0.05) is 24.8 Å². The molecule has 2 aromatic carbocycles. The van der Waals surface area contributed by atoms with E-state index in [1.165, 1.54) is 12.0 Å². The fraction of sp³-hybridized carbons (Fsp3) is 0.448. The number of fused-ring (bicyclic) bond motifs is 1. The lowest BCUT2D eigenvalue weighted by Gasteiger charge is -2.31. The first-order valence-corrected chi connectivity index (χ1v) is 13.1. The van der Waals surface area contributed by atoms with Gasteiger partial charge in [0.25, 0.3) is 0 Å². The minimum Gasteiger partial charge on any atom is -0.469 e. The van der Waals surface area contributed by atoms with Crippen molar-refractivity contribution in [2.45, 2.75) is 50.7 Å². The van der Waals surface area contributed by atoms with E-state index < -0.39 is 24.0 Å². The van der Waals surface area contributed by atoms with Crippen molar-refractivity contribution in [3.8, 4) is 0 Å². The maximum Gasteiger partial charge on any atom is 0.408 e. The molecule has 3 amide bonds. The fourth-order valence-electron chi connectivity index (χ4n) is 5.45. The van der Waals surface area contributed by atoms with E-state index in [1.807, 2.05) is 30.3 Å². The Balaban J connectivity index is 1.33. The highest BCUT2D eigenvalue weighted by atomic mass is 16.5. The number of alkyl carbamates (subject to hydrolysis) is 1. The molecule has 2 aliphatic carbocycles. The number of hydrogen-bond donors (Lipinski definition) is 2. The zero-order valence-corrected chi connectivity index (χ0v) is 21.6. The Morgan fingerprint density at radius 1 is 1.03 bits per heavy atom. The number of hydrogen-bond acceptors (Lipinski definition) is 6. The zero-order chi connectivity index (χ0) is 26.8. The molecule has 2 saturated carbocycles. The van der Waals surface area contributed by atoms with Crippen LogP contribution in [0.25, 0.3) is 0 Å². The quantitative estimate of drug-likeness (QED) is 0.485. The van der Waals surface area contributed by atoms with Crippen LogP contribution in [0, 0.1) is 17.8 Å². The van der Waals surface area contributed by atoms with Gasteiger partial charge in [-0.3, -0.25) is 14.4 Å². The van der Waals surface area contributed by atoms with Crippen LogP contribution in [0.3, 0.4) is 0 Å². The van der Waals surface area contributed by atoms with Crippen LogP contribution in [0.2, 0.25) is 0 Å². The summed E-state index contributed by atoms with van der Waals surface area (Å²) in [5, 5.41) is 5.81. The Kier molecular flexibility index (Phi) is 7.35. The van der Waals surface area contributed by atoms with Crippen LogP contribution in [0.4, 0.5) is 16.2 Å². The maximum absolute atomic E-state index is 13.6. The van der Waals surface area contributed by atoms with E-state index in [2.05, 4.69) is 10.6 Å². The van der Waals surface area contributed by atoms with Crippen LogP contribution >= 0.6 is 0 Å². The fourth-order valence-corrected chi connectivity index (χ4v) is 5.45. The normalized spacial score (nSPS) is 19.4. The number of ether oxygens (including phenoxy) is 2. The molecule has 0 saturated heterocycles. The van der Waals surface area contributed by atoms with Gasteiger partial charge in [0.05, 0.1) is 13.0 Å². The number of carbonyl (C=O) groups excluding carboxylic acids is 4. The number of rotatable bonds is 9. The first-order chi connectivity index (χ1) is 18.4. The maximum atomic E-state index is 13.6. The van der Waals surface area contributed by atoms with Gasteiger partial charge in [-0.2, -0.15) is 0 Å². The molecule has 0 aromatic heterocycles. The lowest BCUT2D eigenvalue weighted by atomic mass is 9.88. The second kappa shape index (κ2) is 10.8. The number of nitrogens with one attached hydrogen (secondary N) is 2. The Bertz CT molecular complexity index is 1210. The lowest BCUT2D eigenvalue weighted by Crippen LogP contribution is -2.50. The third kappa shape index (κ3) is 5.66. The molecule has 38 heavy (non-hydrogen) atoms. The summed E-state index contributed by atoms with van der Waals surface area (Å²) in [4.78, 5) is 52.7. The molecule has 0 bridgehead atoms. The van der Waals surface area contributed by atoms with Gasteiger partial charge in [0.15, 0.2) is 0 Å². The average molecular weight is 520 g/mol. The number of nitrogens with zero attached hydrogens (tertiary/aromatic N) is 1. The van der Waals surface area contributed by atoms with Gasteiger partial charge in [-0.15, -0.1) is 0 Å². The molecule has 1 unspecified atom stereocenters. The Labute approximate surface area is 221 Å². The second-order valence-electron chi connectivity index (χ2n) is 10.4. The van der Waals surface area contributed by atoms with Crippen LogP contribution in [0.15, 0.2) is 48.5 Å². The molecule has 1 aliphatic heterocycles. The first-order valence-electron chi connectivity index (χ1n) is 13.1. The Morgan fingerprint density at radius 3 is 2.34 bits per heavy atom. The summed E-state index contributed by atoms with van der Waals surface area (Å²) in [5.74, 6) is -0.837. The molecular weight excluding hydrogens is 486 g/mol. The highest BCUT2D eigenvalue weighted by Gasteiger charge is 2.48. The standard InChI is InChI=1S/C29H33N3O6/c1-32-23-14-20(12-13-21(23)22(15-24(32)33)28(35)37-2)30-27(34)26(25(18-8-9-18)19-10-11-19)31-29(36)38-16-17-6-4-3-5-7-17/h3-7,12-14,18-19,22,25-26H,8-11,15-16H2,1-2H3,(H,30,34)(H,31,36)/t22?,26-/m0/s1. The van der Waals surface area contributed by atoms with Crippen molar-refractivity contribution in [3.05, 3.63) is 59.7 Å². The van der Waals surface area contributed by atoms with Gasteiger partial charge >= 0.3 is 12.1 Å². The van der Waals surface area contributed by atoms with Gasteiger partial charge in [0.2, 0.25) is 11.8 Å².